The molecular formula is C27H27N3O4. The van der Waals surface area contributed by atoms with Gasteiger partial charge in [0.1, 0.15) is 5.57 Å². The molecule has 0 aliphatic carbocycles. The van der Waals surface area contributed by atoms with Crippen LogP contribution < -0.4 is 0 Å². The summed E-state index contributed by atoms with van der Waals surface area (Å²) in [5.41, 5.74) is 5.06. The summed E-state index contributed by atoms with van der Waals surface area (Å²) in [6.45, 7) is 6.32. The predicted molar refractivity (Wildman–Crippen MR) is 129 cm³/mol. The third kappa shape index (κ3) is 4.24. The highest BCUT2D eigenvalue weighted by Gasteiger charge is 2.38. The first-order valence-corrected chi connectivity index (χ1v) is 11.1. The summed E-state index contributed by atoms with van der Waals surface area (Å²) < 4.78 is 7.07. The molecule has 1 aliphatic heterocycles. The van der Waals surface area contributed by atoms with Crippen molar-refractivity contribution in [1.82, 2.24) is 14.6 Å². The van der Waals surface area contributed by atoms with E-state index in [1.54, 1.807) is 32.2 Å². The zero-order valence-electron chi connectivity index (χ0n) is 19.7. The monoisotopic (exact) mass is 457 g/mol. The van der Waals surface area contributed by atoms with E-state index in [2.05, 4.69) is 0 Å². The summed E-state index contributed by atoms with van der Waals surface area (Å²) in [6, 6.07) is 18.7. The average Bonchev–Trinajstić information content (AvgIpc) is 3.22. The maximum absolute atomic E-state index is 13.1. The van der Waals surface area contributed by atoms with E-state index in [1.807, 2.05) is 66.9 Å². The van der Waals surface area contributed by atoms with Gasteiger partial charge in [-0.3, -0.25) is 9.59 Å². The van der Waals surface area contributed by atoms with Gasteiger partial charge in [-0.1, -0.05) is 30.3 Å². The predicted octanol–water partition coefficient (Wildman–Crippen LogP) is 4.07. The molecule has 0 spiro atoms. The number of amides is 2. The number of likely N-dealkylation sites (N-methyl/N-ethyl adjacent to an activating group) is 1. The highest BCUT2D eigenvalue weighted by molar-refractivity contribution is 6.25. The largest absolute Gasteiger partial charge is 0.462 e. The molecule has 1 saturated heterocycles. The lowest BCUT2D eigenvalue weighted by atomic mass is 10.1. The third-order valence-corrected chi connectivity index (χ3v) is 5.93. The van der Waals surface area contributed by atoms with Crippen molar-refractivity contribution in [3.63, 3.8) is 0 Å². The standard InChI is InChI=1S/C27H27N3O4/c1-5-34-27(33)21-11-13-23(14-12-21)30-18(2)15-22(19(30)3)16-24-25(31)28(4)29(26(24)32)17-20-9-7-6-8-10-20/h6-16H,5,17H2,1-4H3. The van der Waals surface area contributed by atoms with Crippen LogP contribution in [0.2, 0.25) is 0 Å². The van der Waals surface area contributed by atoms with Crippen LogP contribution in [0.3, 0.4) is 0 Å². The third-order valence-electron chi connectivity index (χ3n) is 5.93. The Morgan fingerprint density at radius 2 is 1.65 bits per heavy atom. The second kappa shape index (κ2) is 9.39. The Labute approximate surface area is 198 Å². The molecule has 3 aromatic rings. The van der Waals surface area contributed by atoms with Gasteiger partial charge in [-0.05, 0) is 68.3 Å². The Morgan fingerprint density at radius 1 is 0.971 bits per heavy atom. The molecule has 0 radical (unpaired) electrons. The second-order valence-corrected chi connectivity index (χ2v) is 8.16. The first-order chi connectivity index (χ1) is 16.3. The molecule has 2 aromatic carbocycles. The zero-order chi connectivity index (χ0) is 24.4. The van der Waals surface area contributed by atoms with Crippen LogP contribution >= 0.6 is 0 Å². The number of aromatic nitrogens is 1. The highest BCUT2D eigenvalue weighted by atomic mass is 16.5. The summed E-state index contributed by atoms with van der Waals surface area (Å²) in [4.78, 5) is 37.9. The fourth-order valence-corrected chi connectivity index (χ4v) is 4.16. The quantitative estimate of drug-likeness (QED) is 0.318. The Balaban J connectivity index is 1.63. The number of hydrazine groups is 1. The fraction of sp³-hybridized carbons (Fsp3) is 0.222. The van der Waals surface area contributed by atoms with E-state index in [1.165, 1.54) is 10.0 Å². The van der Waals surface area contributed by atoms with E-state index < -0.39 is 0 Å². The molecule has 0 atom stereocenters. The van der Waals surface area contributed by atoms with Crippen LogP contribution in [0.25, 0.3) is 11.8 Å². The van der Waals surface area contributed by atoms with Crippen molar-refractivity contribution >= 4 is 23.9 Å². The number of rotatable bonds is 6. The summed E-state index contributed by atoms with van der Waals surface area (Å²) in [6.07, 6.45) is 1.66. The van der Waals surface area contributed by atoms with Crippen LogP contribution in [0.5, 0.6) is 0 Å². The van der Waals surface area contributed by atoms with Crippen LogP contribution in [0, 0.1) is 13.8 Å². The van der Waals surface area contributed by atoms with Gasteiger partial charge >= 0.3 is 5.97 Å². The SMILES string of the molecule is CCOC(=O)c1ccc(-n2c(C)cc(C=C3C(=O)N(C)N(Cc4ccccc4)C3=O)c2C)cc1. The normalized spacial score (nSPS) is 14.9. The molecule has 174 valence electrons. The number of ether oxygens (including phenoxy) is 1. The minimum atomic E-state index is -0.358. The fourth-order valence-electron chi connectivity index (χ4n) is 4.16. The number of hydrogen-bond acceptors (Lipinski definition) is 4. The molecule has 2 amide bonds. The van der Waals surface area contributed by atoms with E-state index in [0.29, 0.717) is 18.7 Å². The number of aryl methyl sites for hydroxylation is 1. The lowest BCUT2D eigenvalue weighted by Crippen LogP contribution is -2.37. The van der Waals surface area contributed by atoms with Crippen LogP contribution in [0.15, 0.2) is 66.2 Å². The van der Waals surface area contributed by atoms with Gasteiger partial charge in [0.2, 0.25) is 0 Å². The van der Waals surface area contributed by atoms with Crippen LogP contribution in [0.1, 0.15) is 39.8 Å². The molecule has 1 aromatic heterocycles. The molecule has 0 bridgehead atoms. The number of nitrogens with zero attached hydrogens (tertiary/aromatic N) is 3. The van der Waals surface area contributed by atoms with E-state index in [4.69, 9.17) is 4.74 Å². The van der Waals surface area contributed by atoms with Crippen molar-refractivity contribution in [3.8, 4) is 5.69 Å². The first kappa shape index (κ1) is 23.0. The summed E-state index contributed by atoms with van der Waals surface area (Å²) in [5.74, 6) is -1.01. The molecule has 0 unspecified atom stereocenters. The zero-order valence-corrected chi connectivity index (χ0v) is 19.7. The Hall–Kier alpha value is -4.13. The first-order valence-electron chi connectivity index (χ1n) is 11.1. The smallest absolute Gasteiger partial charge is 0.338 e. The minimum Gasteiger partial charge on any atom is -0.462 e. The highest BCUT2D eigenvalue weighted by Crippen LogP contribution is 2.27. The van der Waals surface area contributed by atoms with E-state index >= 15 is 0 Å². The minimum absolute atomic E-state index is 0.136. The summed E-state index contributed by atoms with van der Waals surface area (Å²) in [7, 11) is 1.61. The van der Waals surface area contributed by atoms with Crippen LogP contribution in [0.4, 0.5) is 0 Å². The Bertz CT molecular complexity index is 1270. The molecule has 1 aliphatic rings. The maximum atomic E-state index is 13.1. The van der Waals surface area contributed by atoms with Gasteiger partial charge in [-0.2, -0.15) is 0 Å². The number of esters is 1. The van der Waals surface area contributed by atoms with Crippen molar-refractivity contribution in [2.75, 3.05) is 13.7 Å². The molecule has 34 heavy (non-hydrogen) atoms. The van der Waals surface area contributed by atoms with Gasteiger partial charge in [0.15, 0.2) is 0 Å². The van der Waals surface area contributed by atoms with Crippen molar-refractivity contribution < 1.29 is 19.1 Å². The van der Waals surface area contributed by atoms with Crippen LogP contribution in [-0.4, -0.2) is 46.0 Å². The van der Waals surface area contributed by atoms with E-state index in [9.17, 15) is 14.4 Å². The molecule has 0 saturated carbocycles. The molecule has 4 rings (SSSR count). The Morgan fingerprint density at radius 3 is 2.29 bits per heavy atom. The molecule has 0 N–H and O–H groups in total. The van der Waals surface area contributed by atoms with Crippen molar-refractivity contribution in [1.29, 1.82) is 0 Å². The summed E-state index contributed by atoms with van der Waals surface area (Å²) >= 11 is 0. The summed E-state index contributed by atoms with van der Waals surface area (Å²) in [5, 5.41) is 2.82. The lowest BCUT2D eigenvalue weighted by molar-refractivity contribution is -0.144. The molecule has 1 fully saturated rings. The van der Waals surface area contributed by atoms with Gasteiger partial charge in [-0.25, -0.2) is 14.8 Å². The number of carbonyl (C=O) groups is 3. The second-order valence-electron chi connectivity index (χ2n) is 8.16. The van der Waals surface area contributed by atoms with Gasteiger partial charge in [0.25, 0.3) is 11.8 Å². The van der Waals surface area contributed by atoms with Crippen molar-refractivity contribution in [2.24, 2.45) is 0 Å². The van der Waals surface area contributed by atoms with Crippen molar-refractivity contribution in [3.05, 3.63) is 94.3 Å². The molecular weight excluding hydrogens is 430 g/mol. The van der Waals surface area contributed by atoms with E-state index in [-0.39, 0.29) is 23.4 Å². The van der Waals surface area contributed by atoms with Crippen LogP contribution in [-0.2, 0) is 20.9 Å². The molecule has 2 heterocycles. The van der Waals surface area contributed by atoms with Gasteiger partial charge < -0.3 is 9.30 Å². The van der Waals surface area contributed by atoms with E-state index in [0.717, 1.165) is 28.2 Å². The topological polar surface area (TPSA) is 71.8 Å². The lowest BCUT2D eigenvalue weighted by Gasteiger charge is -2.23. The molecule has 7 nitrogen and oxygen atoms in total. The molecule has 7 heteroatoms. The average molecular weight is 458 g/mol. The maximum Gasteiger partial charge on any atom is 0.338 e. The number of carbonyl (C=O) groups excluding carboxylic acids is 3. The van der Waals surface area contributed by atoms with Gasteiger partial charge in [0, 0.05) is 24.1 Å². The number of hydrogen-bond donors (Lipinski definition) is 0. The van der Waals surface area contributed by atoms with Gasteiger partial charge in [-0.15, -0.1) is 0 Å². The van der Waals surface area contributed by atoms with Crippen molar-refractivity contribution in [2.45, 2.75) is 27.3 Å². The Kier molecular flexibility index (Phi) is 6.36. The van der Waals surface area contributed by atoms with Gasteiger partial charge in [0.05, 0.1) is 18.7 Å². The number of benzene rings is 2.